The van der Waals surface area contributed by atoms with Gasteiger partial charge in [0, 0.05) is 29.8 Å². The van der Waals surface area contributed by atoms with E-state index in [0.717, 1.165) is 12.1 Å². The van der Waals surface area contributed by atoms with E-state index >= 15 is 0 Å². The van der Waals surface area contributed by atoms with Crippen molar-refractivity contribution < 1.29 is 4.92 Å². The predicted molar refractivity (Wildman–Crippen MR) is 74.3 cm³/mol. The smallest absolute Gasteiger partial charge is 0.269 e. The number of hydrogen-bond acceptors (Lipinski definition) is 5. The van der Waals surface area contributed by atoms with Gasteiger partial charge >= 0.3 is 0 Å². The molecular formula is C14H16N4O2. The van der Waals surface area contributed by atoms with Gasteiger partial charge in [-0.1, -0.05) is 18.7 Å². The second-order valence-electron chi connectivity index (χ2n) is 5.46. The summed E-state index contributed by atoms with van der Waals surface area (Å²) < 4.78 is 0. The second kappa shape index (κ2) is 4.94. The van der Waals surface area contributed by atoms with E-state index in [2.05, 4.69) is 18.1 Å². The summed E-state index contributed by atoms with van der Waals surface area (Å²) in [6.45, 7) is 7.89. The van der Waals surface area contributed by atoms with E-state index in [1.54, 1.807) is 17.1 Å². The number of nitrogens with zero attached hydrogens (tertiary/aromatic N) is 3. The Labute approximate surface area is 117 Å². The fourth-order valence-corrected chi connectivity index (χ4v) is 2.47. The molecule has 0 bridgehead atoms. The summed E-state index contributed by atoms with van der Waals surface area (Å²) >= 11 is 0. The van der Waals surface area contributed by atoms with E-state index in [4.69, 9.17) is 0 Å². The van der Waals surface area contributed by atoms with Crippen LogP contribution in [-0.4, -0.2) is 15.5 Å². The van der Waals surface area contributed by atoms with Gasteiger partial charge in [-0.2, -0.15) is 10.3 Å². The van der Waals surface area contributed by atoms with Gasteiger partial charge in [-0.25, -0.2) is 0 Å². The maximum absolute atomic E-state index is 10.8. The molecule has 2 rings (SSSR count). The molecule has 1 aromatic rings. The molecule has 1 N–H and O–H groups in total. The molecule has 0 spiro atoms. The Balaban J connectivity index is 2.39. The summed E-state index contributed by atoms with van der Waals surface area (Å²) in [5, 5.41) is 22.1. The molecule has 1 atom stereocenters. The molecule has 104 valence electrons. The van der Waals surface area contributed by atoms with Crippen molar-refractivity contribution in [1.82, 2.24) is 10.4 Å². The summed E-state index contributed by atoms with van der Waals surface area (Å²) in [6.07, 6.45) is 0.722. The van der Waals surface area contributed by atoms with Crippen molar-refractivity contribution in [3.8, 4) is 6.07 Å². The van der Waals surface area contributed by atoms with Gasteiger partial charge in [-0.3, -0.25) is 10.1 Å². The van der Waals surface area contributed by atoms with Gasteiger partial charge in [0.2, 0.25) is 0 Å². The molecule has 1 aliphatic heterocycles. The number of nitrogens with one attached hydrogen (secondary N) is 1. The Hall–Kier alpha value is -2.39. The first-order chi connectivity index (χ1) is 9.35. The first kappa shape index (κ1) is 14.0. The Morgan fingerprint density at radius 2 is 2.30 bits per heavy atom. The van der Waals surface area contributed by atoms with Crippen LogP contribution >= 0.6 is 0 Å². The molecule has 1 aromatic carbocycles. The Morgan fingerprint density at radius 3 is 2.80 bits per heavy atom. The van der Waals surface area contributed by atoms with Crippen LogP contribution in [-0.2, 0) is 0 Å². The van der Waals surface area contributed by atoms with E-state index < -0.39 is 11.0 Å². The summed E-state index contributed by atoms with van der Waals surface area (Å²) in [7, 11) is 0. The minimum Gasteiger partial charge on any atom is -0.321 e. The highest BCUT2D eigenvalue weighted by Gasteiger charge is 2.39. The average molecular weight is 272 g/mol. The highest BCUT2D eigenvalue weighted by atomic mass is 16.6. The molecule has 0 radical (unpaired) electrons. The second-order valence-corrected chi connectivity index (χ2v) is 5.46. The van der Waals surface area contributed by atoms with Crippen LogP contribution in [0.25, 0.3) is 0 Å². The van der Waals surface area contributed by atoms with E-state index in [1.807, 2.05) is 13.8 Å². The van der Waals surface area contributed by atoms with Gasteiger partial charge in [0.15, 0.2) is 0 Å². The third kappa shape index (κ3) is 2.49. The van der Waals surface area contributed by atoms with Crippen LogP contribution in [0.15, 0.2) is 36.5 Å². The van der Waals surface area contributed by atoms with Gasteiger partial charge in [-0.15, -0.1) is 0 Å². The Kier molecular flexibility index (Phi) is 3.47. The van der Waals surface area contributed by atoms with Crippen molar-refractivity contribution in [3.63, 3.8) is 0 Å². The maximum Gasteiger partial charge on any atom is 0.269 e. The lowest BCUT2D eigenvalue weighted by atomic mass is 9.97. The van der Waals surface area contributed by atoms with Crippen molar-refractivity contribution in [1.29, 1.82) is 5.26 Å². The molecule has 1 aliphatic rings. The number of hydrazine groups is 1. The van der Waals surface area contributed by atoms with E-state index in [9.17, 15) is 15.4 Å². The van der Waals surface area contributed by atoms with Gasteiger partial charge in [0.25, 0.3) is 5.69 Å². The lowest BCUT2D eigenvalue weighted by molar-refractivity contribution is -0.384. The van der Waals surface area contributed by atoms with Crippen LogP contribution in [0.4, 0.5) is 5.69 Å². The van der Waals surface area contributed by atoms with Gasteiger partial charge in [0.05, 0.1) is 11.0 Å². The normalized spacial score (nSPS) is 19.1. The van der Waals surface area contributed by atoms with Crippen molar-refractivity contribution >= 4 is 5.69 Å². The van der Waals surface area contributed by atoms with Gasteiger partial charge in [0.1, 0.15) is 6.04 Å². The molecule has 0 saturated carbocycles. The molecule has 1 saturated heterocycles. The zero-order valence-electron chi connectivity index (χ0n) is 11.5. The molecule has 6 nitrogen and oxygen atoms in total. The fraction of sp³-hybridized carbons (Fsp3) is 0.357. The van der Waals surface area contributed by atoms with Crippen LogP contribution in [0.1, 0.15) is 31.9 Å². The topological polar surface area (TPSA) is 82.2 Å². The molecule has 1 heterocycles. The molecule has 0 aliphatic carbocycles. The minimum atomic E-state index is -0.607. The zero-order valence-corrected chi connectivity index (χ0v) is 11.5. The van der Waals surface area contributed by atoms with Gasteiger partial charge in [-0.05, 0) is 19.4 Å². The first-order valence-corrected chi connectivity index (χ1v) is 6.23. The number of nitro groups is 1. The van der Waals surface area contributed by atoms with Crippen LogP contribution in [0, 0.1) is 21.4 Å². The number of benzene rings is 1. The lowest BCUT2D eigenvalue weighted by Crippen LogP contribution is -2.45. The summed E-state index contributed by atoms with van der Waals surface area (Å²) in [5.41, 5.74) is 4.23. The van der Waals surface area contributed by atoms with Crippen LogP contribution < -0.4 is 5.43 Å². The number of nitriles is 1. The van der Waals surface area contributed by atoms with Crippen molar-refractivity contribution in [2.45, 2.75) is 31.8 Å². The zero-order chi connectivity index (χ0) is 14.9. The predicted octanol–water partition coefficient (Wildman–Crippen LogP) is 2.66. The van der Waals surface area contributed by atoms with E-state index in [-0.39, 0.29) is 11.2 Å². The molecule has 1 fully saturated rings. The SMILES string of the molecule is C=C1CC(C)(C)N(C(C#N)c2cccc([N+](=O)[O-])c2)N1. The van der Waals surface area contributed by atoms with Crippen molar-refractivity contribution in [3.05, 3.63) is 52.2 Å². The molecular weight excluding hydrogens is 256 g/mol. The van der Waals surface area contributed by atoms with Crippen LogP contribution in [0.5, 0.6) is 0 Å². The quantitative estimate of drug-likeness (QED) is 0.675. The first-order valence-electron chi connectivity index (χ1n) is 6.23. The minimum absolute atomic E-state index is 0.0152. The Morgan fingerprint density at radius 1 is 1.60 bits per heavy atom. The molecule has 0 amide bonds. The van der Waals surface area contributed by atoms with Crippen molar-refractivity contribution in [2.24, 2.45) is 0 Å². The molecule has 20 heavy (non-hydrogen) atoms. The highest BCUT2D eigenvalue weighted by Crippen LogP contribution is 2.35. The van der Waals surface area contributed by atoms with E-state index in [0.29, 0.717) is 5.56 Å². The van der Waals surface area contributed by atoms with E-state index in [1.165, 1.54) is 12.1 Å². The monoisotopic (exact) mass is 272 g/mol. The maximum atomic E-state index is 10.8. The standard InChI is InChI=1S/C14H16N4O2/c1-10-8-14(2,3)17(16-10)13(9-15)11-5-4-6-12(7-11)18(19)20/h4-7,13,16H,1,8H2,2-3H3. The summed E-state index contributed by atoms with van der Waals surface area (Å²) in [5.74, 6) is 0. The van der Waals surface area contributed by atoms with Crippen LogP contribution in [0.2, 0.25) is 0 Å². The average Bonchev–Trinajstić information content (AvgIpc) is 2.64. The molecule has 0 aromatic heterocycles. The highest BCUT2D eigenvalue weighted by molar-refractivity contribution is 5.38. The number of non-ortho nitro benzene ring substituents is 1. The van der Waals surface area contributed by atoms with Crippen LogP contribution in [0.3, 0.4) is 0 Å². The fourth-order valence-electron chi connectivity index (χ4n) is 2.47. The Bertz CT molecular complexity index is 603. The third-order valence-electron chi connectivity index (χ3n) is 3.35. The molecule has 6 heteroatoms. The largest absolute Gasteiger partial charge is 0.321 e. The molecule has 1 unspecified atom stereocenters. The summed E-state index contributed by atoms with van der Waals surface area (Å²) in [6, 6.07) is 7.76. The van der Waals surface area contributed by atoms with Crippen molar-refractivity contribution in [2.75, 3.05) is 0 Å². The number of nitro benzene ring substituents is 1. The van der Waals surface area contributed by atoms with Gasteiger partial charge < -0.3 is 5.43 Å². The number of rotatable bonds is 3. The third-order valence-corrected chi connectivity index (χ3v) is 3.35. The lowest BCUT2D eigenvalue weighted by Gasteiger charge is -2.33. The number of hydrogen-bond donors (Lipinski definition) is 1. The summed E-state index contributed by atoms with van der Waals surface area (Å²) in [4.78, 5) is 10.4.